The van der Waals surface area contributed by atoms with E-state index >= 15 is 0 Å². The molecule has 2 aromatic carbocycles. The molecule has 6 nitrogen and oxygen atoms in total. The van der Waals surface area contributed by atoms with Gasteiger partial charge in [-0.1, -0.05) is 35.9 Å². The van der Waals surface area contributed by atoms with E-state index in [-0.39, 0.29) is 24.3 Å². The molecule has 0 bridgehead atoms. The normalized spacial score (nSPS) is 15.5. The summed E-state index contributed by atoms with van der Waals surface area (Å²) >= 11 is 6.00. The second kappa shape index (κ2) is 10.3. The Kier molecular flexibility index (Phi) is 7.57. The average Bonchev–Trinajstić information content (AvgIpc) is 2.74. The minimum Gasteiger partial charge on any atom is -0.379 e. The van der Waals surface area contributed by atoms with E-state index < -0.39 is 5.91 Å². The van der Waals surface area contributed by atoms with E-state index in [2.05, 4.69) is 15.5 Å². The number of rotatable bonds is 7. The van der Waals surface area contributed by atoms with E-state index in [9.17, 15) is 14.0 Å². The second-order valence-electron chi connectivity index (χ2n) is 6.68. The first kappa shape index (κ1) is 21.2. The van der Waals surface area contributed by atoms with Crippen LogP contribution in [0.3, 0.4) is 0 Å². The Morgan fingerprint density at radius 1 is 1.07 bits per heavy atom. The lowest BCUT2D eigenvalue weighted by molar-refractivity contribution is -0.120. The van der Waals surface area contributed by atoms with Crippen LogP contribution in [0.15, 0.2) is 48.5 Å². The van der Waals surface area contributed by atoms with Gasteiger partial charge in [-0.25, -0.2) is 4.39 Å². The van der Waals surface area contributed by atoms with E-state index in [1.54, 1.807) is 36.4 Å². The third kappa shape index (κ3) is 6.00. The number of amides is 2. The second-order valence-corrected chi connectivity index (χ2v) is 7.09. The number of nitrogens with one attached hydrogen (secondary N) is 2. The topological polar surface area (TPSA) is 70.7 Å². The maximum atomic E-state index is 13.3. The van der Waals surface area contributed by atoms with Crippen LogP contribution in [0.1, 0.15) is 22.0 Å². The lowest BCUT2D eigenvalue weighted by Gasteiger charge is -2.35. The molecule has 1 atom stereocenters. The molecule has 0 spiro atoms. The summed E-state index contributed by atoms with van der Waals surface area (Å²) in [5, 5.41) is 5.75. The fourth-order valence-corrected chi connectivity index (χ4v) is 3.43. The highest BCUT2D eigenvalue weighted by Gasteiger charge is 2.23. The van der Waals surface area contributed by atoms with Crippen molar-refractivity contribution in [2.24, 2.45) is 0 Å². The Hall–Kier alpha value is -2.48. The Bertz CT molecular complexity index is 841. The van der Waals surface area contributed by atoms with Gasteiger partial charge in [-0.15, -0.1) is 0 Å². The minimum absolute atomic E-state index is 0.109. The predicted octanol–water partition coefficient (Wildman–Crippen LogP) is 2.40. The first-order chi connectivity index (χ1) is 14.0. The molecule has 3 rings (SSSR count). The average molecular weight is 420 g/mol. The Labute approximate surface area is 174 Å². The van der Waals surface area contributed by atoms with E-state index in [1.807, 2.05) is 0 Å². The molecule has 2 amide bonds. The van der Waals surface area contributed by atoms with Crippen molar-refractivity contribution in [1.29, 1.82) is 0 Å². The van der Waals surface area contributed by atoms with Gasteiger partial charge in [-0.2, -0.15) is 0 Å². The summed E-state index contributed by atoms with van der Waals surface area (Å²) in [6, 6.07) is 12.8. The molecular formula is C21H23ClFN3O3. The van der Waals surface area contributed by atoms with Crippen LogP contribution < -0.4 is 10.6 Å². The summed E-state index contributed by atoms with van der Waals surface area (Å²) in [7, 11) is 0. The molecule has 1 saturated heterocycles. The van der Waals surface area contributed by atoms with Crippen molar-refractivity contribution in [2.75, 3.05) is 39.4 Å². The smallest absolute Gasteiger partial charge is 0.253 e. The fraction of sp³-hybridized carbons (Fsp3) is 0.333. The van der Waals surface area contributed by atoms with E-state index in [0.29, 0.717) is 30.3 Å². The third-order valence-corrected chi connectivity index (χ3v) is 5.09. The van der Waals surface area contributed by atoms with Crippen LogP contribution in [-0.4, -0.2) is 56.1 Å². The van der Waals surface area contributed by atoms with E-state index in [4.69, 9.17) is 16.3 Å². The van der Waals surface area contributed by atoms with E-state index in [0.717, 1.165) is 18.7 Å². The molecule has 1 heterocycles. The summed E-state index contributed by atoms with van der Waals surface area (Å²) in [5.74, 6) is -1.03. The third-order valence-electron chi connectivity index (χ3n) is 4.76. The molecule has 0 radical (unpaired) electrons. The van der Waals surface area contributed by atoms with Gasteiger partial charge in [-0.3, -0.25) is 14.5 Å². The number of hydrogen-bond donors (Lipinski definition) is 2. The van der Waals surface area contributed by atoms with Crippen LogP contribution in [0.5, 0.6) is 0 Å². The Balaban J connectivity index is 1.57. The van der Waals surface area contributed by atoms with Crippen LogP contribution >= 0.6 is 11.6 Å². The minimum atomic E-state index is -0.408. The van der Waals surface area contributed by atoms with Crippen molar-refractivity contribution < 1.29 is 18.7 Å². The number of hydrogen-bond acceptors (Lipinski definition) is 4. The van der Waals surface area contributed by atoms with E-state index in [1.165, 1.54) is 12.1 Å². The van der Waals surface area contributed by atoms with Gasteiger partial charge in [0.15, 0.2) is 0 Å². The number of morpholine rings is 1. The zero-order valence-corrected chi connectivity index (χ0v) is 16.6. The Morgan fingerprint density at radius 3 is 2.45 bits per heavy atom. The van der Waals surface area contributed by atoms with Crippen molar-refractivity contribution in [3.8, 4) is 0 Å². The fourth-order valence-electron chi connectivity index (χ4n) is 3.21. The number of benzene rings is 2. The largest absolute Gasteiger partial charge is 0.379 e. The molecule has 1 aliphatic heterocycles. The molecular weight excluding hydrogens is 397 g/mol. The molecule has 1 aliphatic rings. The van der Waals surface area contributed by atoms with Crippen molar-refractivity contribution >= 4 is 23.4 Å². The van der Waals surface area contributed by atoms with Gasteiger partial charge in [0.05, 0.1) is 36.4 Å². The Morgan fingerprint density at radius 2 is 1.76 bits per heavy atom. The van der Waals surface area contributed by atoms with Crippen LogP contribution in [0.4, 0.5) is 4.39 Å². The number of halogens is 2. The van der Waals surface area contributed by atoms with Gasteiger partial charge in [0.2, 0.25) is 5.91 Å². The van der Waals surface area contributed by atoms with Crippen LogP contribution in [0, 0.1) is 5.82 Å². The first-order valence-corrected chi connectivity index (χ1v) is 9.79. The molecule has 0 aliphatic carbocycles. The summed E-state index contributed by atoms with van der Waals surface area (Å²) < 4.78 is 18.7. The first-order valence-electron chi connectivity index (χ1n) is 9.41. The summed E-state index contributed by atoms with van der Waals surface area (Å²) in [6.45, 7) is 2.84. The monoisotopic (exact) mass is 419 g/mol. The number of nitrogens with zero attached hydrogens (tertiary/aromatic N) is 1. The number of carbonyl (C=O) groups is 2. The highest BCUT2D eigenvalue weighted by molar-refractivity contribution is 6.33. The van der Waals surface area contributed by atoms with Crippen LogP contribution in [0.2, 0.25) is 5.02 Å². The molecule has 154 valence electrons. The van der Waals surface area contributed by atoms with Gasteiger partial charge in [-0.05, 0) is 29.8 Å². The van der Waals surface area contributed by atoms with Crippen molar-refractivity contribution in [1.82, 2.24) is 15.5 Å². The van der Waals surface area contributed by atoms with Crippen molar-refractivity contribution in [3.05, 3.63) is 70.5 Å². The molecule has 29 heavy (non-hydrogen) atoms. The lowest BCUT2D eigenvalue weighted by atomic mass is 10.0. The molecule has 8 heteroatoms. The van der Waals surface area contributed by atoms with Gasteiger partial charge < -0.3 is 15.4 Å². The van der Waals surface area contributed by atoms with Gasteiger partial charge in [0.25, 0.3) is 5.91 Å². The molecule has 0 saturated carbocycles. The van der Waals surface area contributed by atoms with Gasteiger partial charge in [0.1, 0.15) is 5.82 Å². The van der Waals surface area contributed by atoms with Gasteiger partial charge in [0, 0.05) is 19.6 Å². The maximum absolute atomic E-state index is 13.3. The maximum Gasteiger partial charge on any atom is 0.253 e. The molecule has 1 unspecified atom stereocenters. The summed E-state index contributed by atoms with van der Waals surface area (Å²) in [6.07, 6.45) is 0. The number of ether oxygens (including phenoxy) is 1. The molecule has 0 aromatic heterocycles. The SMILES string of the molecule is O=C(CNC(=O)c1ccccc1Cl)NCC(c1ccc(F)cc1)N1CCOCC1. The molecule has 2 aromatic rings. The quantitative estimate of drug-likeness (QED) is 0.723. The summed E-state index contributed by atoms with van der Waals surface area (Å²) in [4.78, 5) is 26.6. The zero-order chi connectivity index (χ0) is 20.6. The molecule has 2 N–H and O–H groups in total. The van der Waals surface area contributed by atoms with Crippen molar-refractivity contribution in [3.63, 3.8) is 0 Å². The van der Waals surface area contributed by atoms with Crippen LogP contribution in [-0.2, 0) is 9.53 Å². The van der Waals surface area contributed by atoms with Gasteiger partial charge >= 0.3 is 0 Å². The predicted molar refractivity (Wildman–Crippen MR) is 108 cm³/mol. The zero-order valence-electron chi connectivity index (χ0n) is 15.9. The highest BCUT2D eigenvalue weighted by atomic mass is 35.5. The standard InChI is InChI=1S/C21H23ClFN3O3/c22-18-4-2-1-3-17(18)21(28)25-14-20(27)24-13-19(26-9-11-29-12-10-26)15-5-7-16(23)8-6-15/h1-8,19H,9-14H2,(H,24,27)(H,25,28). The van der Waals surface area contributed by atoms with Crippen molar-refractivity contribution in [2.45, 2.75) is 6.04 Å². The highest BCUT2D eigenvalue weighted by Crippen LogP contribution is 2.21. The van der Waals surface area contributed by atoms with Crippen LogP contribution in [0.25, 0.3) is 0 Å². The number of carbonyl (C=O) groups excluding carboxylic acids is 2. The molecule has 1 fully saturated rings. The lowest BCUT2D eigenvalue weighted by Crippen LogP contribution is -2.45. The summed E-state index contributed by atoms with van der Waals surface area (Å²) in [5.41, 5.74) is 1.23.